The zero-order valence-corrected chi connectivity index (χ0v) is 9.37. The fraction of sp³-hybridized carbons (Fsp3) is 1.00. The molecule has 0 amide bonds. The molecule has 1 aliphatic rings. The molecule has 0 aromatic heterocycles. The molecule has 1 atom stereocenters. The molecule has 0 spiro atoms. The Morgan fingerprint density at radius 3 is 2.93 bits per heavy atom. The summed E-state index contributed by atoms with van der Waals surface area (Å²) in [6.45, 7) is 5.51. The van der Waals surface area contributed by atoms with Crippen LogP contribution in [0.25, 0.3) is 0 Å². The molecule has 84 valence electrons. The van der Waals surface area contributed by atoms with Gasteiger partial charge in [0.1, 0.15) is 0 Å². The van der Waals surface area contributed by atoms with Crippen LogP contribution in [0.15, 0.2) is 0 Å². The number of ether oxygens (including phenoxy) is 1. The predicted octanol–water partition coefficient (Wildman–Crippen LogP) is 1.08. The van der Waals surface area contributed by atoms with E-state index in [-0.39, 0.29) is 0 Å². The molecule has 1 fully saturated rings. The molecule has 1 heterocycles. The molecule has 0 radical (unpaired) electrons. The van der Waals surface area contributed by atoms with Gasteiger partial charge in [-0.2, -0.15) is 0 Å². The van der Waals surface area contributed by atoms with E-state index in [1.807, 2.05) is 0 Å². The Morgan fingerprint density at radius 2 is 2.21 bits per heavy atom. The van der Waals surface area contributed by atoms with E-state index in [1.165, 1.54) is 45.3 Å². The maximum atomic E-state index is 5.45. The lowest BCUT2D eigenvalue weighted by Gasteiger charge is -2.15. The minimum Gasteiger partial charge on any atom is -0.384 e. The van der Waals surface area contributed by atoms with Gasteiger partial charge in [0.05, 0.1) is 6.61 Å². The Balaban J connectivity index is 1.98. The molecule has 1 unspecified atom stereocenters. The summed E-state index contributed by atoms with van der Waals surface area (Å²) in [5.74, 6) is 0.773. The highest BCUT2D eigenvalue weighted by Gasteiger charge is 2.21. The van der Waals surface area contributed by atoms with Crippen molar-refractivity contribution in [2.24, 2.45) is 11.7 Å². The van der Waals surface area contributed by atoms with Gasteiger partial charge in [-0.1, -0.05) is 6.42 Å². The highest BCUT2D eigenvalue weighted by molar-refractivity contribution is 4.74. The molecule has 0 saturated carbocycles. The second kappa shape index (κ2) is 7.21. The highest BCUT2D eigenvalue weighted by atomic mass is 16.5. The smallest absolute Gasteiger partial charge is 0.0503 e. The van der Waals surface area contributed by atoms with Gasteiger partial charge in [0.15, 0.2) is 0 Å². The Bertz CT molecular complexity index is 141. The average Bonchev–Trinajstić information content (AvgIpc) is 2.61. The van der Waals surface area contributed by atoms with Crippen LogP contribution in [-0.2, 0) is 4.74 Å². The van der Waals surface area contributed by atoms with Gasteiger partial charge in [-0.3, -0.25) is 0 Å². The van der Waals surface area contributed by atoms with E-state index in [0.29, 0.717) is 0 Å². The third-order valence-electron chi connectivity index (χ3n) is 2.95. The molecule has 0 aliphatic carbocycles. The van der Waals surface area contributed by atoms with Crippen LogP contribution >= 0.6 is 0 Å². The van der Waals surface area contributed by atoms with Gasteiger partial charge in [0.25, 0.3) is 0 Å². The van der Waals surface area contributed by atoms with Crippen molar-refractivity contribution in [2.75, 3.05) is 39.9 Å². The molecule has 0 bridgehead atoms. The summed E-state index contributed by atoms with van der Waals surface area (Å²) >= 11 is 0. The van der Waals surface area contributed by atoms with Gasteiger partial charge >= 0.3 is 0 Å². The Labute approximate surface area is 87.6 Å². The third-order valence-corrected chi connectivity index (χ3v) is 2.95. The van der Waals surface area contributed by atoms with E-state index in [9.17, 15) is 0 Å². The first-order valence-electron chi connectivity index (χ1n) is 5.78. The number of hydrogen-bond donors (Lipinski definition) is 1. The van der Waals surface area contributed by atoms with Crippen molar-refractivity contribution in [1.29, 1.82) is 0 Å². The van der Waals surface area contributed by atoms with Crippen LogP contribution in [0, 0.1) is 5.92 Å². The van der Waals surface area contributed by atoms with Gasteiger partial charge in [-0.15, -0.1) is 0 Å². The number of unbranched alkanes of at least 4 members (excludes halogenated alkanes) is 2. The van der Waals surface area contributed by atoms with Crippen LogP contribution in [0.1, 0.15) is 25.7 Å². The van der Waals surface area contributed by atoms with Crippen molar-refractivity contribution >= 4 is 0 Å². The molecule has 1 rings (SSSR count). The SMILES string of the molecule is COCC1CCN(CCCCCN)C1. The molecule has 1 aliphatic heterocycles. The van der Waals surface area contributed by atoms with E-state index in [2.05, 4.69) is 4.90 Å². The Kier molecular flexibility index (Phi) is 6.15. The normalized spacial score (nSPS) is 23.1. The molecule has 3 heteroatoms. The monoisotopic (exact) mass is 200 g/mol. The summed E-state index contributed by atoms with van der Waals surface area (Å²) in [7, 11) is 1.80. The van der Waals surface area contributed by atoms with Crippen molar-refractivity contribution in [3.8, 4) is 0 Å². The molecule has 0 aromatic carbocycles. The summed E-state index contributed by atoms with van der Waals surface area (Å²) in [6.07, 6.45) is 5.07. The first-order chi connectivity index (χ1) is 6.86. The maximum absolute atomic E-state index is 5.45. The van der Waals surface area contributed by atoms with Crippen molar-refractivity contribution < 1.29 is 4.74 Å². The van der Waals surface area contributed by atoms with Gasteiger partial charge in [0, 0.05) is 13.7 Å². The zero-order valence-electron chi connectivity index (χ0n) is 9.37. The maximum Gasteiger partial charge on any atom is 0.0503 e. The Morgan fingerprint density at radius 1 is 1.36 bits per heavy atom. The van der Waals surface area contributed by atoms with Crippen LogP contribution in [-0.4, -0.2) is 44.8 Å². The lowest BCUT2D eigenvalue weighted by molar-refractivity contribution is 0.153. The number of methoxy groups -OCH3 is 1. The average molecular weight is 200 g/mol. The predicted molar refractivity (Wildman–Crippen MR) is 59.3 cm³/mol. The van der Waals surface area contributed by atoms with Crippen molar-refractivity contribution in [3.05, 3.63) is 0 Å². The van der Waals surface area contributed by atoms with Crippen molar-refractivity contribution in [2.45, 2.75) is 25.7 Å². The largest absolute Gasteiger partial charge is 0.384 e. The van der Waals surface area contributed by atoms with Gasteiger partial charge in [-0.05, 0) is 44.8 Å². The van der Waals surface area contributed by atoms with Gasteiger partial charge in [-0.25, -0.2) is 0 Å². The number of likely N-dealkylation sites (tertiary alicyclic amines) is 1. The summed E-state index contributed by atoms with van der Waals surface area (Å²) < 4.78 is 5.17. The molecule has 3 nitrogen and oxygen atoms in total. The standard InChI is InChI=1S/C11H24N2O/c1-14-10-11-5-8-13(9-11)7-4-2-3-6-12/h11H,2-10,12H2,1H3. The van der Waals surface area contributed by atoms with Crippen LogP contribution in [0.2, 0.25) is 0 Å². The molecule has 2 N–H and O–H groups in total. The van der Waals surface area contributed by atoms with Crippen LogP contribution < -0.4 is 5.73 Å². The summed E-state index contributed by atoms with van der Waals surface area (Å²) in [5, 5.41) is 0. The molecule has 0 aromatic rings. The molecule has 1 saturated heterocycles. The molecular formula is C11H24N2O. The fourth-order valence-electron chi connectivity index (χ4n) is 2.14. The topological polar surface area (TPSA) is 38.5 Å². The van der Waals surface area contributed by atoms with Crippen molar-refractivity contribution in [1.82, 2.24) is 4.90 Å². The van der Waals surface area contributed by atoms with Crippen LogP contribution in [0.4, 0.5) is 0 Å². The molecule has 14 heavy (non-hydrogen) atoms. The lowest BCUT2D eigenvalue weighted by atomic mass is 10.1. The van der Waals surface area contributed by atoms with E-state index in [1.54, 1.807) is 7.11 Å². The second-order valence-corrected chi connectivity index (χ2v) is 4.26. The second-order valence-electron chi connectivity index (χ2n) is 4.26. The third kappa shape index (κ3) is 4.40. The first kappa shape index (κ1) is 12.0. The van der Waals surface area contributed by atoms with E-state index in [4.69, 9.17) is 10.5 Å². The number of hydrogen-bond acceptors (Lipinski definition) is 3. The number of rotatable bonds is 7. The zero-order chi connectivity index (χ0) is 10.2. The van der Waals surface area contributed by atoms with Crippen molar-refractivity contribution in [3.63, 3.8) is 0 Å². The summed E-state index contributed by atoms with van der Waals surface area (Å²) in [5.41, 5.74) is 5.45. The quantitative estimate of drug-likeness (QED) is 0.625. The minimum absolute atomic E-state index is 0.773. The van der Waals surface area contributed by atoms with E-state index in [0.717, 1.165) is 19.1 Å². The fourth-order valence-corrected chi connectivity index (χ4v) is 2.14. The first-order valence-corrected chi connectivity index (χ1v) is 5.78. The number of nitrogens with zero attached hydrogens (tertiary/aromatic N) is 1. The van der Waals surface area contributed by atoms with E-state index < -0.39 is 0 Å². The van der Waals surface area contributed by atoms with Crippen LogP contribution in [0.3, 0.4) is 0 Å². The summed E-state index contributed by atoms with van der Waals surface area (Å²) in [6, 6.07) is 0. The van der Waals surface area contributed by atoms with Crippen LogP contribution in [0.5, 0.6) is 0 Å². The van der Waals surface area contributed by atoms with E-state index >= 15 is 0 Å². The van der Waals surface area contributed by atoms with Gasteiger partial charge < -0.3 is 15.4 Å². The Hall–Kier alpha value is -0.120. The summed E-state index contributed by atoms with van der Waals surface area (Å²) in [4.78, 5) is 2.56. The van der Waals surface area contributed by atoms with Gasteiger partial charge in [0.2, 0.25) is 0 Å². The molecular weight excluding hydrogens is 176 g/mol. The lowest BCUT2D eigenvalue weighted by Crippen LogP contribution is -2.23. The minimum atomic E-state index is 0.773. The number of nitrogens with two attached hydrogens (primary N) is 1. The highest BCUT2D eigenvalue weighted by Crippen LogP contribution is 2.16.